The van der Waals surface area contributed by atoms with Crippen LogP contribution in [0.15, 0.2) is 70.4 Å². The predicted octanol–water partition coefficient (Wildman–Crippen LogP) is 2.98. The summed E-state index contributed by atoms with van der Waals surface area (Å²) in [7, 11) is 0. The van der Waals surface area contributed by atoms with Crippen LogP contribution in [0.25, 0.3) is 33.1 Å². The largest absolute Gasteiger partial charge is 0.329 e. The second-order valence-corrected chi connectivity index (χ2v) is 7.01. The average Bonchev–Trinajstić information content (AvgIpc) is 3.13. The highest BCUT2D eigenvalue weighted by atomic mass is 16.2. The lowest BCUT2D eigenvalue weighted by Gasteiger charge is -2.07. The summed E-state index contributed by atoms with van der Waals surface area (Å²) < 4.78 is 1.22. The van der Waals surface area contributed by atoms with E-state index in [1.165, 1.54) is 4.57 Å². The molecule has 2 N–H and O–H groups in total. The molecule has 0 bridgehead atoms. The molecule has 0 atom stereocenters. The molecule has 142 valence electrons. The van der Waals surface area contributed by atoms with Crippen molar-refractivity contribution >= 4 is 21.8 Å². The van der Waals surface area contributed by atoms with E-state index in [2.05, 4.69) is 20.2 Å². The molecule has 0 unspecified atom stereocenters. The van der Waals surface area contributed by atoms with E-state index >= 15 is 0 Å². The zero-order chi connectivity index (χ0) is 20.0. The normalized spacial score (nSPS) is 11.3. The summed E-state index contributed by atoms with van der Waals surface area (Å²) in [6.07, 6.45) is 1.73. The van der Waals surface area contributed by atoms with Crippen LogP contribution in [0.4, 0.5) is 0 Å². The molecule has 0 saturated heterocycles. The predicted molar refractivity (Wildman–Crippen MR) is 112 cm³/mol. The number of pyridine rings is 1. The molecular formula is C22H17N5O2. The molecule has 0 radical (unpaired) electrons. The van der Waals surface area contributed by atoms with E-state index in [1.54, 1.807) is 18.3 Å². The third-order valence-electron chi connectivity index (χ3n) is 5.02. The Morgan fingerprint density at radius 1 is 0.966 bits per heavy atom. The van der Waals surface area contributed by atoms with E-state index in [0.717, 1.165) is 33.4 Å². The highest BCUT2D eigenvalue weighted by molar-refractivity contribution is 6.01. The number of rotatable bonds is 3. The van der Waals surface area contributed by atoms with Crippen molar-refractivity contribution in [2.75, 3.05) is 0 Å². The minimum absolute atomic E-state index is 0.213. The minimum atomic E-state index is -0.435. The van der Waals surface area contributed by atoms with Gasteiger partial charge in [-0.25, -0.2) is 4.79 Å². The van der Waals surface area contributed by atoms with Crippen molar-refractivity contribution in [1.82, 2.24) is 24.7 Å². The molecule has 0 aliphatic rings. The number of hydrogen-bond donors (Lipinski definition) is 2. The van der Waals surface area contributed by atoms with Gasteiger partial charge in [0.05, 0.1) is 23.0 Å². The first-order chi connectivity index (χ1) is 14.1. The molecule has 5 rings (SSSR count). The summed E-state index contributed by atoms with van der Waals surface area (Å²) in [6.45, 7) is 2.13. The molecule has 7 heteroatoms. The topological polar surface area (TPSA) is 96.4 Å². The molecule has 0 aliphatic carbocycles. The summed E-state index contributed by atoms with van der Waals surface area (Å²) in [5.41, 5.74) is 3.90. The van der Waals surface area contributed by atoms with E-state index in [-0.39, 0.29) is 12.1 Å². The second-order valence-electron chi connectivity index (χ2n) is 7.01. The maximum Gasteiger partial charge on any atom is 0.329 e. The van der Waals surface area contributed by atoms with Crippen molar-refractivity contribution in [3.8, 4) is 11.3 Å². The Labute approximate surface area is 164 Å². The zero-order valence-corrected chi connectivity index (χ0v) is 15.6. The van der Waals surface area contributed by atoms with E-state index in [0.29, 0.717) is 10.9 Å². The van der Waals surface area contributed by atoms with Gasteiger partial charge in [0.1, 0.15) is 5.69 Å². The molecule has 3 aromatic heterocycles. The van der Waals surface area contributed by atoms with Crippen LogP contribution in [0.1, 0.15) is 11.3 Å². The fraction of sp³-hybridized carbons (Fsp3) is 0.0909. The maximum absolute atomic E-state index is 13.1. The molecule has 7 nitrogen and oxygen atoms in total. The molecular weight excluding hydrogens is 366 g/mol. The van der Waals surface area contributed by atoms with Crippen molar-refractivity contribution in [3.05, 3.63) is 92.9 Å². The van der Waals surface area contributed by atoms with E-state index in [1.807, 2.05) is 49.4 Å². The molecule has 0 spiro atoms. The van der Waals surface area contributed by atoms with Crippen molar-refractivity contribution in [2.45, 2.75) is 13.5 Å². The number of aromatic amines is 2. The maximum atomic E-state index is 13.1. The summed E-state index contributed by atoms with van der Waals surface area (Å²) in [4.78, 5) is 32.7. The number of hydrogen-bond acceptors (Lipinski definition) is 4. The Balaban J connectivity index is 1.73. The molecule has 2 aromatic carbocycles. The van der Waals surface area contributed by atoms with Gasteiger partial charge in [0.15, 0.2) is 0 Å². The van der Waals surface area contributed by atoms with Crippen LogP contribution in [0.5, 0.6) is 0 Å². The van der Waals surface area contributed by atoms with Crippen LogP contribution in [-0.2, 0) is 6.54 Å². The van der Waals surface area contributed by atoms with Crippen LogP contribution in [0, 0.1) is 6.92 Å². The van der Waals surface area contributed by atoms with Crippen LogP contribution in [0.3, 0.4) is 0 Å². The first-order valence-corrected chi connectivity index (χ1v) is 9.22. The molecule has 0 amide bonds. The summed E-state index contributed by atoms with van der Waals surface area (Å²) in [6, 6.07) is 16.8. The number of fused-ring (bicyclic) bond motifs is 2. The van der Waals surface area contributed by atoms with Gasteiger partial charge in [0.2, 0.25) is 0 Å². The van der Waals surface area contributed by atoms with Crippen LogP contribution >= 0.6 is 0 Å². The van der Waals surface area contributed by atoms with Gasteiger partial charge in [-0.1, -0.05) is 30.3 Å². The van der Waals surface area contributed by atoms with Crippen molar-refractivity contribution in [2.24, 2.45) is 0 Å². The molecule has 3 heterocycles. The Morgan fingerprint density at radius 3 is 2.59 bits per heavy atom. The summed E-state index contributed by atoms with van der Waals surface area (Å²) in [5.74, 6) is 0. The third-order valence-corrected chi connectivity index (χ3v) is 5.02. The zero-order valence-electron chi connectivity index (χ0n) is 15.6. The number of aromatic nitrogens is 5. The SMILES string of the molecule is Cc1cc(-c2n[nH]c3cc4[nH]c(=O)n(Cc5ccccc5)c(=O)c4cc23)ccn1. The smallest absolute Gasteiger partial charge is 0.307 e. The van der Waals surface area contributed by atoms with Gasteiger partial charge in [0.25, 0.3) is 5.56 Å². The van der Waals surface area contributed by atoms with Gasteiger partial charge in [-0.15, -0.1) is 0 Å². The number of aryl methyl sites for hydroxylation is 1. The highest BCUT2D eigenvalue weighted by Gasteiger charge is 2.14. The average molecular weight is 383 g/mol. The second kappa shape index (κ2) is 6.56. The van der Waals surface area contributed by atoms with Gasteiger partial charge < -0.3 is 4.98 Å². The molecule has 0 saturated carbocycles. The van der Waals surface area contributed by atoms with Gasteiger partial charge in [-0.3, -0.25) is 19.4 Å². The Hall–Kier alpha value is -4.00. The summed E-state index contributed by atoms with van der Waals surface area (Å²) >= 11 is 0. The monoisotopic (exact) mass is 383 g/mol. The van der Waals surface area contributed by atoms with Crippen LogP contribution < -0.4 is 11.2 Å². The summed E-state index contributed by atoms with van der Waals surface area (Å²) in [5, 5.41) is 8.67. The van der Waals surface area contributed by atoms with Crippen molar-refractivity contribution in [3.63, 3.8) is 0 Å². The molecule has 5 aromatic rings. The number of nitrogens with zero attached hydrogens (tertiary/aromatic N) is 3. The molecule has 0 aliphatic heterocycles. The molecule has 0 fully saturated rings. The Kier molecular flexibility index (Phi) is 3.87. The minimum Gasteiger partial charge on any atom is -0.307 e. The molecule has 29 heavy (non-hydrogen) atoms. The first kappa shape index (κ1) is 17.1. The van der Waals surface area contributed by atoms with E-state index in [9.17, 15) is 9.59 Å². The standard InChI is InChI=1S/C22H17N5O2/c1-13-9-15(7-8-23-13)20-16-10-17-18(11-19(16)25-26-20)24-22(29)27(21(17)28)12-14-5-3-2-4-6-14/h2-11H,12H2,1H3,(H,24,29)(H,25,26). The van der Waals surface area contributed by atoms with E-state index in [4.69, 9.17) is 0 Å². The van der Waals surface area contributed by atoms with Crippen LogP contribution in [0.2, 0.25) is 0 Å². The quantitative estimate of drug-likeness (QED) is 0.501. The van der Waals surface area contributed by atoms with Gasteiger partial charge in [-0.05, 0) is 36.8 Å². The lowest BCUT2D eigenvalue weighted by molar-refractivity contribution is 0.712. The Morgan fingerprint density at radius 2 is 1.79 bits per heavy atom. The van der Waals surface area contributed by atoms with Gasteiger partial charge in [0, 0.05) is 22.8 Å². The Bertz CT molecular complexity index is 1480. The number of benzene rings is 2. The number of H-pyrrole nitrogens is 2. The van der Waals surface area contributed by atoms with Crippen LogP contribution in [-0.4, -0.2) is 24.7 Å². The van der Waals surface area contributed by atoms with Crippen molar-refractivity contribution in [1.29, 1.82) is 0 Å². The van der Waals surface area contributed by atoms with Gasteiger partial charge in [-0.2, -0.15) is 5.10 Å². The number of nitrogens with one attached hydrogen (secondary N) is 2. The lowest BCUT2D eigenvalue weighted by Crippen LogP contribution is -2.35. The highest BCUT2D eigenvalue weighted by Crippen LogP contribution is 2.28. The fourth-order valence-corrected chi connectivity index (χ4v) is 3.59. The van der Waals surface area contributed by atoms with Crippen molar-refractivity contribution < 1.29 is 0 Å². The first-order valence-electron chi connectivity index (χ1n) is 9.22. The van der Waals surface area contributed by atoms with Gasteiger partial charge >= 0.3 is 5.69 Å². The third kappa shape index (κ3) is 2.93. The van der Waals surface area contributed by atoms with E-state index < -0.39 is 5.69 Å². The lowest BCUT2D eigenvalue weighted by atomic mass is 10.1. The fourth-order valence-electron chi connectivity index (χ4n) is 3.59.